The van der Waals surface area contributed by atoms with Gasteiger partial charge in [0, 0.05) is 0 Å². The van der Waals surface area contributed by atoms with Crippen molar-refractivity contribution in [3.63, 3.8) is 0 Å². The van der Waals surface area contributed by atoms with Gasteiger partial charge in [0.05, 0.1) is 12.3 Å². The van der Waals surface area contributed by atoms with Crippen molar-refractivity contribution in [3.05, 3.63) is 30.3 Å². The highest BCUT2D eigenvalue weighted by Gasteiger charge is 2.27. The summed E-state index contributed by atoms with van der Waals surface area (Å²) in [6, 6.07) is 9.40. The number of rotatable bonds is 8. The Hall–Kier alpha value is -2.04. The first-order chi connectivity index (χ1) is 11.6. The van der Waals surface area contributed by atoms with Crippen molar-refractivity contribution in [1.82, 2.24) is 0 Å². The third-order valence-corrected chi connectivity index (χ3v) is 3.55. The van der Waals surface area contributed by atoms with Gasteiger partial charge in [0.15, 0.2) is 0 Å². The molecular weight excluding hydrogens is 320 g/mol. The fourth-order valence-electron chi connectivity index (χ4n) is 2.28. The minimum Gasteiger partial charge on any atom is -0.487 e. The number of benzene rings is 1. The molecule has 0 aromatic heterocycles. The van der Waals surface area contributed by atoms with E-state index in [1.807, 2.05) is 44.2 Å². The first-order valence-electron chi connectivity index (χ1n) is 8.76. The monoisotopic (exact) mass is 350 g/mol. The van der Waals surface area contributed by atoms with Crippen molar-refractivity contribution < 1.29 is 23.8 Å². The molecule has 0 radical (unpaired) electrons. The average Bonchev–Trinajstić information content (AvgIpc) is 2.51. The lowest BCUT2D eigenvalue weighted by atomic mass is 10.1. The number of ether oxygens (including phenoxy) is 3. The maximum absolute atomic E-state index is 12.3. The third kappa shape index (κ3) is 8.05. The zero-order valence-corrected chi connectivity index (χ0v) is 16.1. The van der Waals surface area contributed by atoms with E-state index in [0.717, 1.165) is 5.75 Å². The third-order valence-electron chi connectivity index (χ3n) is 3.55. The summed E-state index contributed by atoms with van der Waals surface area (Å²) in [5, 5.41) is 0. The van der Waals surface area contributed by atoms with Crippen LogP contribution in [-0.2, 0) is 19.1 Å². The fraction of sp³-hybridized carbons (Fsp3) is 0.600. The molecule has 0 aliphatic heterocycles. The summed E-state index contributed by atoms with van der Waals surface area (Å²) < 4.78 is 16.6. The van der Waals surface area contributed by atoms with Crippen LogP contribution in [-0.4, -0.2) is 29.7 Å². The lowest BCUT2D eigenvalue weighted by Crippen LogP contribution is -2.35. The molecule has 0 heterocycles. The predicted molar refractivity (Wildman–Crippen MR) is 96.3 cm³/mol. The Morgan fingerprint density at radius 1 is 1.08 bits per heavy atom. The summed E-state index contributed by atoms with van der Waals surface area (Å²) in [6.45, 7) is 10.9. The van der Waals surface area contributed by atoms with E-state index in [9.17, 15) is 9.59 Å². The maximum atomic E-state index is 12.3. The normalized spacial score (nSPS) is 15.0. The molecule has 0 spiro atoms. The fourth-order valence-corrected chi connectivity index (χ4v) is 2.28. The zero-order valence-electron chi connectivity index (χ0n) is 16.1. The van der Waals surface area contributed by atoms with Gasteiger partial charge in [-0.05, 0) is 46.2 Å². The number of esters is 2. The summed E-state index contributed by atoms with van der Waals surface area (Å²) in [5.41, 5.74) is -0.565. The molecule has 0 bridgehead atoms. The molecule has 0 amide bonds. The number of para-hydroxylation sites is 1. The minimum absolute atomic E-state index is 0.000457. The Bertz CT molecular complexity index is 547. The highest BCUT2D eigenvalue weighted by atomic mass is 16.6. The predicted octanol–water partition coefficient (Wildman–Crippen LogP) is 4.14. The summed E-state index contributed by atoms with van der Waals surface area (Å²) in [6.07, 6.45) is -0.0433. The molecule has 1 aromatic carbocycles. The van der Waals surface area contributed by atoms with Crippen molar-refractivity contribution in [2.75, 3.05) is 0 Å². The molecule has 1 rings (SSSR count). The Morgan fingerprint density at radius 3 is 2.20 bits per heavy atom. The van der Waals surface area contributed by atoms with Gasteiger partial charge in [-0.25, -0.2) is 0 Å². The van der Waals surface area contributed by atoms with Gasteiger partial charge in [-0.2, -0.15) is 0 Å². The molecule has 0 N–H and O–H groups in total. The molecule has 0 saturated heterocycles. The Balaban J connectivity index is 2.55. The van der Waals surface area contributed by atoms with E-state index in [2.05, 4.69) is 0 Å². The molecule has 5 heteroatoms. The standard InChI is InChI=1S/C20H30O5/c1-7-17(15(3)23-16-11-9-8-10-12-16)24-19(22)14(2)13-18(21)25-20(4,5)6/h8-12,14-15,17H,7,13H2,1-6H3/t14-,15-,17+/m1/s1. The van der Waals surface area contributed by atoms with E-state index in [1.54, 1.807) is 27.7 Å². The second kappa shape index (κ2) is 9.44. The second-order valence-corrected chi connectivity index (χ2v) is 7.21. The van der Waals surface area contributed by atoms with Crippen LogP contribution in [0, 0.1) is 5.92 Å². The summed E-state index contributed by atoms with van der Waals surface area (Å²) in [4.78, 5) is 24.1. The van der Waals surface area contributed by atoms with Crippen LogP contribution >= 0.6 is 0 Å². The summed E-state index contributed by atoms with van der Waals surface area (Å²) in [7, 11) is 0. The van der Waals surface area contributed by atoms with Gasteiger partial charge in [-0.1, -0.05) is 32.0 Å². The Labute approximate surface area is 150 Å². The smallest absolute Gasteiger partial charge is 0.309 e. The molecule has 5 nitrogen and oxygen atoms in total. The number of carbonyl (C=O) groups excluding carboxylic acids is 2. The highest BCUT2D eigenvalue weighted by Crippen LogP contribution is 2.18. The molecule has 0 unspecified atom stereocenters. The van der Waals surface area contributed by atoms with Crippen LogP contribution < -0.4 is 4.74 Å². The van der Waals surface area contributed by atoms with Crippen molar-refractivity contribution in [3.8, 4) is 5.75 Å². The average molecular weight is 350 g/mol. The van der Waals surface area contributed by atoms with Gasteiger partial charge < -0.3 is 14.2 Å². The van der Waals surface area contributed by atoms with E-state index in [-0.39, 0.29) is 18.6 Å². The van der Waals surface area contributed by atoms with Gasteiger partial charge >= 0.3 is 11.9 Å². The first kappa shape index (κ1) is 21.0. The van der Waals surface area contributed by atoms with Gasteiger partial charge in [-0.3, -0.25) is 9.59 Å². The van der Waals surface area contributed by atoms with Crippen molar-refractivity contribution in [1.29, 1.82) is 0 Å². The summed E-state index contributed by atoms with van der Waals surface area (Å²) in [5.74, 6) is -0.654. The van der Waals surface area contributed by atoms with E-state index < -0.39 is 23.5 Å². The SMILES string of the molecule is CC[C@H](OC(=O)[C@H](C)CC(=O)OC(C)(C)C)[C@@H](C)Oc1ccccc1. The quantitative estimate of drug-likeness (QED) is 0.659. The molecule has 140 valence electrons. The van der Waals surface area contributed by atoms with Crippen molar-refractivity contribution in [2.24, 2.45) is 5.92 Å². The Morgan fingerprint density at radius 2 is 1.68 bits per heavy atom. The molecule has 0 aliphatic carbocycles. The largest absolute Gasteiger partial charge is 0.487 e. The van der Waals surface area contributed by atoms with Gasteiger partial charge in [-0.15, -0.1) is 0 Å². The van der Waals surface area contributed by atoms with Gasteiger partial charge in [0.25, 0.3) is 0 Å². The molecular formula is C20H30O5. The highest BCUT2D eigenvalue weighted by molar-refractivity contribution is 5.79. The van der Waals surface area contributed by atoms with Crippen LogP contribution in [0.15, 0.2) is 30.3 Å². The number of hydrogen-bond acceptors (Lipinski definition) is 5. The van der Waals surface area contributed by atoms with E-state index in [0.29, 0.717) is 6.42 Å². The van der Waals surface area contributed by atoms with E-state index >= 15 is 0 Å². The maximum Gasteiger partial charge on any atom is 0.309 e. The van der Waals surface area contributed by atoms with Crippen LogP contribution in [0.3, 0.4) is 0 Å². The topological polar surface area (TPSA) is 61.8 Å². The molecule has 0 fully saturated rings. The van der Waals surface area contributed by atoms with Gasteiger partial charge in [0.2, 0.25) is 0 Å². The lowest BCUT2D eigenvalue weighted by Gasteiger charge is -2.25. The Kier molecular flexibility index (Phi) is 7.94. The zero-order chi connectivity index (χ0) is 19.0. The van der Waals surface area contributed by atoms with Crippen molar-refractivity contribution >= 4 is 11.9 Å². The molecule has 0 saturated carbocycles. The van der Waals surface area contributed by atoms with Crippen LogP contribution in [0.5, 0.6) is 5.75 Å². The van der Waals surface area contributed by atoms with Crippen molar-refractivity contribution in [2.45, 2.75) is 72.2 Å². The van der Waals surface area contributed by atoms with Crippen LogP contribution in [0.1, 0.15) is 54.4 Å². The second-order valence-electron chi connectivity index (χ2n) is 7.21. The van der Waals surface area contributed by atoms with E-state index in [1.165, 1.54) is 0 Å². The summed E-state index contributed by atoms with van der Waals surface area (Å²) >= 11 is 0. The minimum atomic E-state index is -0.565. The van der Waals surface area contributed by atoms with E-state index in [4.69, 9.17) is 14.2 Å². The van der Waals surface area contributed by atoms with Crippen LogP contribution in [0.25, 0.3) is 0 Å². The van der Waals surface area contributed by atoms with Gasteiger partial charge in [0.1, 0.15) is 23.6 Å². The first-order valence-corrected chi connectivity index (χ1v) is 8.76. The molecule has 0 aliphatic rings. The molecule has 3 atom stereocenters. The lowest BCUT2D eigenvalue weighted by molar-refractivity contribution is -0.165. The molecule has 1 aromatic rings. The number of carbonyl (C=O) groups is 2. The van der Waals surface area contributed by atoms with Crippen LogP contribution in [0.2, 0.25) is 0 Å². The van der Waals surface area contributed by atoms with Crippen LogP contribution in [0.4, 0.5) is 0 Å². The molecule has 25 heavy (non-hydrogen) atoms. The number of hydrogen-bond donors (Lipinski definition) is 0.